The SMILES string of the molecule is O=C(NCc1ccccn1)C1CCN(C(=O)NC2CCCCC2)CC1. The molecule has 0 aromatic carbocycles. The van der Waals surface area contributed by atoms with Crippen LogP contribution in [0.25, 0.3) is 0 Å². The second kappa shape index (κ2) is 8.83. The van der Waals surface area contributed by atoms with Crippen LogP contribution in [-0.2, 0) is 11.3 Å². The summed E-state index contributed by atoms with van der Waals surface area (Å²) < 4.78 is 0. The number of carbonyl (C=O) groups excluding carboxylic acids is 2. The van der Waals surface area contributed by atoms with Crippen molar-refractivity contribution in [2.45, 2.75) is 57.5 Å². The molecule has 0 spiro atoms. The Labute approximate surface area is 149 Å². The largest absolute Gasteiger partial charge is 0.350 e. The smallest absolute Gasteiger partial charge is 0.317 e. The quantitative estimate of drug-likeness (QED) is 0.881. The maximum atomic E-state index is 12.4. The van der Waals surface area contributed by atoms with Crippen LogP contribution in [0, 0.1) is 5.92 Å². The van der Waals surface area contributed by atoms with Gasteiger partial charge in [0.15, 0.2) is 0 Å². The van der Waals surface area contributed by atoms with Gasteiger partial charge in [0.05, 0.1) is 12.2 Å². The first-order chi connectivity index (χ1) is 12.2. The second-order valence-corrected chi connectivity index (χ2v) is 7.08. The van der Waals surface area contributed by atoms with Gasteiger partial charge in [-0.25, -0.2) is 4.79 Å². The number of piperidine rings is 1. The number of hydrogen-bond donors (Lipinski definition) is 2. The molecule has 2 N–H and O–H groups in total. The number of rotatable bonds is 4. The lowest BCUT2D eigenvalue weighted by molar-refractivity contribution is -0.126. The first kappa shape index (κ1) is 17.7. The van der Waals surface area contributed by atoms with Crippen LogP contribution in [0.4, 0.5) is 4.79 Å². The average Bonchev–Trinajstić information content (AvgIpc) is 2.68. The third-order valence-electron chi connectivity index (χ3n) is 5.26. The molecule has 1 aliphatic carbocycles. The van der Waals surface area contributed by atoms with Gasteiger partial charge >= 0.3 is 6.03 Å². The normalized spacial score (nSPS) is 19.4. The molecule has 0 unspecified atom stereocenters. The maximum Gasteiger partial charge on any atom is 0.317 e. The Morgan fingerprint density at radius 2 is 1.84 bits per heavy atom. The van der Waals surface area contributed by atoms with Crippen LogP contribution >= 0.6 is 0 Å². The summed E-state index contributed by atoms with van der Waals surface area (Å²) in [6, 6.07) is 6.05. The number of likely N-dealkylation sites (tertiary alicyclic amines) is 1. The fraction of sp³-hybridized carbons (Fsp3) is 0.632. The predicted molar refractivity (Wildman–Crippen MR) is 95.8 cm³/mol. The Morgan fingerprint density at radius 1 is 1.08 bits per heavy atom. The number of amides is 3. The molecule has 3 rings (SSSR count). The third kappa shape index (κ3) is 5.18. The molecule has 1 saturated heterocycles. The van der Waals surface area contributed by atoms with E-state index in [-0.39, 0.29) is 17.9 Å². The minimum atomic E-state index is -0.0116. The Kier molecular flexibility index (Phi) is 6.25. The summed E-state index contributed by atoms with van der Waals surface area (Å²) in [5, 5.41) is 6.12. The van der Waals surface area contributed by atoms with E-state index in [0.29, 0.717) is 25.7 Å². The van der Waals surface area contributed by atoms with Crippen LogP contribution in [0.1, 0.15) is 50.6 Å². The summed E-state index contributed by atoms with van der Waals surface area (Å²) in [7, 11) is 0. The summed E-state index contributed by atoms with van der Waals surface area (Å²) in [5.41, 5.74) is 0.861. The minimum absolute atomic E-state index is 0.0116. The van der Waals surface area contributed by atoms with Crippen LogP contribution in [0.5, 0.6) is 0 Å². The minimum Gasteiger partial charge on any atom is -0.350 e. The van der Waals surface area contributed by atoms with Gasteiger partial charge in [-0.15, -0.1) is 0 Å². The van der Waals surface area contributed by atoms with Gasteiger partial charge in [-0.1, -0.05) is 25.3 Å². The zero-order valence-electron chi connectivity index (χ0n) is 14.7. The number of pyridine rings is 1. The highest BCUT2D eigenvalue weighted by molar-refractivity contribution is 5.79. The van der Waals surface area contributed by atoms with Crippen LogP contribution < -0.4 is 10.6 Å². The summed E-state index contributed by atoms with van der Waals surface area (Å²) in [4.78, 5) is 30.7. The third-order valence-corrected chi connectivity index (χ3v) is 5.26. The highest BCUT2D eigenvalue weighted by Crippen LogP contribution is 2.20. The Bertz CT molecular complexity index is 564. The van der Waals surface area contributed by atoms with Gasteiger partial charge in [-0.2, -0.15) is 0 Å². The molecule has 136 valence electrons. The van der Waals surface area contributed by atoms with Crippen molar-refractivity contribution in [2.24, 2.45) is 5.92 Å². The van der Waals surface area contributed by atoms with Crippen molar-refractivity contribution in [2.75, 3.05) is 13.1 Å². The van der Waals surface area contributed by atoms with Gasteiger partial charge < -0.3 is 15.5 Å². The number of hydrogen-bond acceptors (Lipinski definition) is 3. The molecule has 25 heavy (non-hydrogen) atoms. The Hall–Kier alpha value is -2.11. The summed E-state index contributed by atoms with van der Waals surface area (Å²) in [6.07, 6.45) is 9.08. The van der Waals surface area contributed by atoms with E-state index in [1.165, 1.54) is 19.3 Å². The number of aromatic nitrogens is 1. The van der Waals surface area contributed by atoms with E-state index >= 15 is 0 Å². The first-order valence-corrected chi connectivity index (χ1v) is 9.45. The molecule has 2 fully saturated rings. The van der Waals surface area contributed by atoms with E-state index in [2.05, 4.69) is 15.6 Å². The fourth-order valence-corrected chi connectivity index (χ4v) is 3.68. The number of nitrogens with zero attached hydrogens (tertiary/aromatic N) is 2. The van der Waals surface area contributed by atoms with Crippen molar-refractivity contribution < 1.29 is 9.59 Å². The van der Waals surface area contributed by atoms with Crippen LogP contribution in [0.3, 0.4) is 0 Å². The average molecular weight is 344 g/mol. The van der Waals surface area contributed by atoms with Crippen molar-refractivity contribution in [1.82, 2.24) is 20.5 Å². The molecule has 3 amide bonds. The summed E-state index contributed by atoms with van der Waals surface area (Å²) in [5.74, 6) is 0.0560. The monoisotopic (exact) mass is 344 g/mol. The molecule has 1 saturated carbocycles. The highest BCUT2D eigenvalue weighted by atomic mass is 16.2. The highest BCUT2D eigenvalue weighted by Gasteiger charge is 2.28. The molecule has 6 heteroatoms. The zero-order valence-corrected chi connectivity index (χ0v) is 14.7. The lowest BCUT2D eigenvalue weighted by Crippen LogP contribution is -2.49. The predicted octanol–water partition coefficient (Wildman–Crippen LogP) is 2.45. The molecule has 1 aliphatic heterocycles. The van der Waals surface area contributed by atoms with Gasteiger partial charge in [0.25, 0.3) is 0 Å². The topological polar surface area (TPSA) is 74.3 Å². The zero-order chi connectivity index (χ0) is 17.5. The molecular weight excluding hydrogens is 316 g/mol. The fourth-order valence-electron chi connectivity index (χ4n) is 3.68. The molecule has 2 aliphatic rings. The van der Waals surface area contributed by atoms with Gasteiger partial charge in [0.1, 0.15) is 0 Å². The lowest BCUT2D eigenvalue weighted by atomic mass is 9.95. The van der Waals surface area contributed by atoms with E-state index in [0.717, 1.165) is 31.4 Å². The van der Waals surface area contributed by atoms with Crippen molar-refractivity contribution in [1.29, 1.82) is 0 Å². The number of carbonyl (C=O) groups is 2. The molecule has 6 nitrogen and oxygen atoms in total. The Morgan fingerprint density at radius 3 is 2.52 bits per heavy atom. The van der Waals surface area contributed by atoms with Crippen molar-refractivity contribution in [3.05, 3.63) is 30.1 Å². The maximum absolute atomic E-state index is 12.4. The van der Waals surface area contributed by atoms with Gasteiger partial charge in [0, 0.05) is 31.2 Å². The van der Waals surface area contributed by atoms with E-state index in [4.69, 9.17) is 0 Å². The van der Waals surface area contributed by atoms with Crippen molar-refractivity contribution in [3.63, 3.8) is 0 Å². The van der Waals surface area contributed by atoms with E-state index < -0.39 is 0 Å². The molecule has 1 aromatic rings. The van der Waals surface area contributed by atoms with E-state index in [9.17, 15) is 9.59 Å². The molecule has 2 heterocycles. The van der Waals surface area contributed by atoms with Gasteiger partial charge in [-0.05, 0) is 37.8 Å². The molecule has 1 aromatic heterocycles. The van der Waals surface area contributed by atoms with Crippen LogP contribution in [0.15, 0.2) is 24.4 Å². The number of nitrogens with one attached hydrogen (secondary N) is 2. The standard InChI is InChI=1S/C19H28N4O2/c24-18(21-14-17-8-4-5-11-20-17)15-9-12-23(13-10-15)19(25)22-16-6-2-1-3-7-16/h4-5,8,11,15-16H,1-3,6-7,9-10,12-14H2,(H,21,24)(H,22,25). The summed E-state index contributed by atoms with van der Waals surface area (Å²) in [6.45, 7) is 1.77. The lowest BCUT2D eigenvalue weighted by Gasteiger charge is -2.33. The Balaban J connectivity index is 1.38. The van der Waals surface area contributed by atoms with Crippen molar-refractivity contribution in [3.8, 4) is 0 Å². The van der Waals surface area contributed by atoms with E-state index in [1.807, 2.05) is 23.1 Å². The number of urea groups is 1. The van der Waals surface area contributed by atoms with Crippen LogP contribution in [-0.4, -0.2) is 41.0 Å². The molecule has 0 bridgehead atoms. The molecule has 0 atom stereocenters. The van der Waals surface area contributed by atoms with Gasteiger partial charge in [-0.3, -0.25) is 9.78 Å². The summed E-state index contributed by atoms with van der Waals surface area (Å²) >= 11 is 0. The first-order valence-electron chi connectivity index (χ1n) is 9.45. The molecule has 0 radical (unpaired) electrons. The van der Waals surface area contributed by atoms with E-state index in [1.54, 1.807) is 6.20 Å². The van der Waals surface area contributed by atoms with Crippen molar-refractivity contribution >= 4 is 11.9 Å². The molecular formula is C19H28N4O2. The van der Waals surface area contributed by atoms with Gasteiger partial charge in [0.2, 0.25) is 5.91 Å². The van der Waals surface area contributed by atoms with Crippen LogP contribution in [0.2, 0.25) is 0 Å². The second-order valence-electron chi connectivity index (χ2n) is 7.08.